The SMILES string of the molecule is O=C(O)N(C[C@@H]1CCNC1)c1ccccc1-c1ccccc1. The molecule has 2 N–H and O–H groups in total. The summed E-state index contributed by atoms with van der Waals surface area (Å²) in [5.41, 5.74) is 2.75. The van der Waals surface area contributed by atoms with Gasteiger partial charge >= 0.3 is 6.09 Å². The summed E-state index contributed by atoms with van der Waals surface area (Å²) < 4.78 is 0. The van der Waals surface area contributed by atoms with Gasteiger partial charge < -0.3 is 10.4 Å². The number of hydrogen-bond acceptors (Lipinski definition) is 2. The van der Waals surface area contributed by atoms with Crippen LogP contribution in [0, 0.1) is 5.92 Å². The van der Waals surface area contributed by atoms with Gasteiger partial charge in [0, 0.05) is 12.1 Å². The van der Waals surface area contributed by atoms with E-state index in [1.54, 1.807) is 0 Å². The third kappa shape index (κ3) is 3.12. The van der Waals surface area contributed by atoms with E-state index in [0.29, 0.717) is 12.5 Å². The maximum absolute atomic E-state index is 11.8. The maximum Gasteiger partial charge on any atom is 0.411 e. The molecule has 1 aliphatic heterocycles. The van der Waals surface area contributed by atoms with Gasteiger partial charge in [-0.2, -0.15) is 0 Å². The summed E-state index contributed by atoms with van der Waals surface area (Å²) in [6.45, 7) is 2.39. The Bertz CT molecular complexity index is 637. The van der Waals surface area contributed by atoms with Crippen LogP contribution in [-0.2, 0) is 0 Å². The van der Waals surface area contributed by atoms with E-state index < -0.39 is 6.09 Å². The molecule has 1 fully saturated rings. The quantitative estimate of drug-likeness (QED) is 0.908. The summed E-state index contributed by atoms with van der Waals surface area (Å²) in [5, 5.41) is 13.0. The number of anilines is 1. The third-order valence-corrected chi connectivity index (χ3v) is 4.11. The highest BCUT2D eigenvalue weighted by molar-refractivity contribution is 5.92. The molecule has 0 saturated carbocycles. The lowest BCUT2D eigenvalue weighted by molar-refractivity contribution is 0.200. The van der Waals surface area contributed by atoms with Crippen molar-refractivity contribution in [2.24, 2.45) is 5.92 Å². The van der Waals surface area contributed by atoms with Crippen molar-refractivity contribution in [2.45, 2.75) is 6.42 Å². The number of nitrogens with one attached hydrogen (secondary N) is 1. The minimum atomic E-state index is -0.893. The van der Waals surface area contributed by atoms with E-state index in [-0.39, 0.29) is 0 Å². The highest BCUT2D eigenvalue weighted by Crippen LogP contribution is 2.31. The summed E-state index contributed by atoms with van der Waals surface area (Å²) in [4.78, 5) is 13.3. The molecule has 0 aromatic heterocycles. The van der Waals surface area contributed by atoms with Crippen LogP contribution < -0.4 is 10.2 Å². The van der Waals surface area contributed by atoms with E-state index in [4.69, 9.17) is 0 Å². The van der Waals surface area contributed by atoms with Crippen LogP contribution in [0.5, 0.6) is 0 Å². The number of carboxylic acid groups (broad SMARTS) is 1. The second-order valence-electron chi connectivity index (χ2n) is 5.64. The fourth-order valence-electron chi connectivity index (χ4n) is 2.98. The minimum Gasteiger partial charge on any atom is -0.465 e. The predicted octanol–water partition coefficient (Wildman–Crippen LogP) is 3.45. The summed E-state index contributed by atoms with van der Waals surface area (Å²) in [6.07, 6.45) is 0.132. The first-order chi connectivity index (χ1) is 10.8. The fourth-order valence-corrected chi connectivity index (χ4v) is 2.98. The largest absolute Gasteiger partial charge is 0.465 e. The molecule has 1 aliphatic rings. The molecule has 0 spiro atoms. The van der Waals surface area contributed by atoms with Crippen LogP contribution in [-0.4, -0.2) is 30.8 Å². The molecule has 0 unspecified atom stereocenters. The Morgan fingerprint density at radius 3 is 2.55 bits per heavy atom. The fraction of sp³-hybridized carbons (Fsp3) is 0.278. The van der Waals surface area contributed by atoms with E-state index in [1.807, 2.05) is 54.6 Å². The Hall–Kier alpha value is -2.33. The van der Waals surface area contributed by atoms with Crippen molar-refractivity contribution < 1.29 is 9.90 Å². The molecule has 0 radical (unpaired) electrons. The molecule has 2 aromatic carbocycles. The Balaban J connectivity index is 1.95. The molecule has 4 heteroatoms. The molecule has 4 nitrogen and oxygen atoms in total. The van der Waals surface area contributed by atoms with E-state index in [9.17, 15) is 9.90 Å². The van der Waals surface area contributed by atoms with Gasteiger partial charge in [-0.15, -0.1) is 0 Å². The second kappa shape index (κ2) is 6.62. The van der Waals surface area contributed by atoms with Crippen molar-refractivity contribution in [3.8, 4) is 11.1 Å². The van der Waals surface area contributed by atoms with E-state index in [1.165, 1.54) is 4.90 Å². The number of hydrogen-bond donors (Lipinski definition) is 2. The van der Waals surface area contributed by atoms with Gasteiger partial charge in [0.1, 0.15) is 0 Å². The molecule has 3 rings (SSSR count). The lowest BCUT2D eigenvalue weighted by atomic mass is 10.0. The molecule has 1 heterocycles. The number of para-hydroxylation sites is 1. The number of nitrogens with zero attached hydrogens (tertiary/aromatic N) is 1. The zero-order valence-electron chi connectivity index (χ0n) is 12.4. The summed E-state index contributed by atoms with van der Waals surface area (Å²) in [6, 6.07) is 17.6. The van der Waals surface area contributed by atoms with Crippen LogP contribution in [0.1, 0.15) is 6.42 Å². The van der Waals surface area contributed by atoms with Crippen molar-refractivity contribution in [3.63, 3.8) is 0 Å². The van der Waals surface area contributed by atoms with Gasteiger partial charge in [0.05, 0.1) is 5.69 Å². The predicted molar refractivity (Wildman–Crippen MR) is 88.2 cm³/mol. The zero-order valence-corrected chi connectivity index (χ0v) is 12.4. The average molecular weight is 296 g/mol. The zero-order chi connectivity index (χ0) is 15.4. The van der Waals surface area contributed by atoms with E-state index >= 15 is 0 Å². The lowest BCUT2D eigenvalue weighted by Gasteiger charge is -2.25. The highest BCUT2D eigenvalue weighted by atomic mass is 16.4. The van der Waals surface area contributed by atoms with Crippen LogP contribution in [0.25, 0.3) is 11.1 Å². The standard InChI is InChI=1S/C18H20N2O2/c21-18(22)20(13-14-10-11-19-12-14)17-9-5-4-8-16(17)15-6-2-1-3-7-15/h1-9,14,19H,10-13H2,(H,21,22)/t14-/m1/s1. The first-order valence-electron chi connectivity index (χ1n) is 7.61. The van der Waals surface area contributed by atoms with Crippen molar-refractivity contribution in [2.75, 3.05) is 24.5 Å². The molecular formula is C18H20N2O2. The topological polar surface area (TPSA) is 52.6 Å². The van der Waals surface area contributed by atoms with E-state index in [0.717, 1.165) is 36.3 Å². The van der Waals surface area contributed by atoms with Crippen LogP contribution in [0.4, 0.5) is 10.5 Å². The molecule has 1 saturated heterocycles. The number of amides is 1. The Kier molecular flexibility index (Phi) is 4.39. The average Bonchev–Trinajstić information content (AvgIpc) is 3.06. The smallest absolute Gasteiger partial charge is 0.411 e. The molecule has 2 aromatic rings. The Labute approximate surface area is 130 Å². The molecule has 1 amide bonds. The molecule has 0 bridgehead atoms. The second-order valence-corrected chi connectivity index (χ2v) is 5.64. The van der Waals surface area contributed by atoms with Crippen molar-refractivity contribution in [3.05, 3.63) is 54.6 Å². The minimum absolute atomic E-state index is 0.375. The maximum atomic E-state index is 11.8. The Morgan fingerprint density at radius 2 is 1.86 bits per heavy atom. The summed E-state index contributed by atoms with van der Waals surface area (Å²) >= 11 is 0. The van der Waals surface area contributed by atoms with Crippen molar-refractivity contribution >= 4 is 11.8 Å². The normalized spacial score (nSPS) is 17.4. The molecule has 114 valence electrons. The highest BCUT2D eigenvalue weighted by Gasteiger charge is 2.24. The van der Waals surface area contributed by atoms with Gasteiger partial charge in [-0.05, 0) is 37.1 Å². The lowest BCUT2D eigenvalue weighted by Crippen LogP contribution is -2.35. The van der Waals surface area contributed by atoms with E-state index in [2.05, 4.69) is 5.32 Å². The van der Waals surface area contributed by atoms with Gasteiger partial charge in [-0.3, -0.25) is 4.90 Å². The van der Waals surface area contributed by atoms with Crippen molar-refractivity contribution in [1.29, 1.82) is 0 Å². The van der Waals surface area contributed by atoms with Crippen LogP contribution in [0.15, 0.2) is 54.6 Å². The Morgan fingerprint density at radius 1 is 1.14 bits per heavy atom. The molecule has 22 heavy (non-hydrogen) atoms. The number of rotatable bonds is 4. The third-order valence-electron chi connectivity index (χ3n) is 4.11. The molecule has 0 aliphatic carbocycles. The first kappa shape index (κ1) is 14.6. The first-order valence-corrected chi connectivity index (χ1v) is 7.61. The van der Waals surface area contributed by atoms with Gasteiger partial charge in [0.2, 0.25) is 0 Å². The monoisotopic (exact) mass is 296 g/mol. The number of carbonyl (C=O) groups is 1. The summed E-state index contributed by atoms with van der Waals surface area (Å²) in [7, 11) is 0. The van der Waals surface area contributed by atoms with Gasteiger partial charge in [-0.25, -0.2) is 4.79 Å². The van der Waals surface area contributed by atoms with Gasteiger partial charge in [0.15, 0.2) is 0 Å². The summed E-state index contributed by atoms with van der Waals surface area (Å²) in [5.74, 6) is 0.375. The number of benzene rings is 2. The van der Waals surface area contributed by atoms with Crippen LogP contribution in [0.2, 0.25) is 0 Å². The van der Waals surface area contributed by atoms with Crippen LogP contribution >= 0.6 is 0 Å². The molecule has 1 atom stereocenters. The van der Waals surface area contributed by atoms with Gasteiger partial charge in [0.25, 0.3) is 0 Å². The van der Waals surface area contributed by atoms with Gasteiger partial charge in [-0.1, -0.05) is 48.5 Å². The van der Waals surface area contributed by atoms with Crippen molar-refractivity contribution in [1.82, 2.24) is 5.32 Å². The van der Waals surface area contributed by atoms with Crippen LogP contribution in [0.3, 0.4) is 0 Å². The molecular weight excluding hydrogens is 276 g/mol.